The van der Waals surface area contributed by atoms with E-state index in [0.29, 0.717) is 5.88 Å². The van der Waals surface area contributed by atoms with E-state index in [-0.39, 0.29) is 6.04 Å². The highest BCUT2D eigenvalue weighted by Crippen LogP contribution is 2.34. The molecule has 3 heterocycles. The van der Waals surface area contributed by atoms with E-state index in [1.807, 2.05) is 24.3 Å². The van der Waals surface area contributed by atoms with Gasteiger partial charge in [0.25, 0.3) is 0 Å². The lowest BCUT2D eigenvalue weighted by Gasteiger charge is -2.24. The molecule has 1 N–H and O–H groups in total. The van der Waals surface area contributed by atoms with Crippen molar-refractivity contribution in [3.63, 3.8) is 0 Å². The number of para-hydroxylation sites is 2. The van der Waals surface area contributed by atoms with Crippen LogP contribution in [0.1, 0.15) is 25.7 Å². The largest absolute Gasteiger partial charge is 0.480 e. The van der Waals surface area contributed by atoms with Crippen molar-refractivity contribution in [3.8, 4) is 17.3 Å². The molecule has 1 aromatic carbocycles. The predicted molar refractivity (Wildman–Crippen MR) is 147 cm³/mol. The molecule has 0 spiro atoms. The number of methoxy groups -OCH3 is 1. The number of anilines is 2. The summed E-state index contributed by atoms with van der Waals surface area (Å²) in [5.41, 5.74) is 6.67. The Morgan fingerprint density at radius 1 is 1.05 bits per heavy atom. The first-order valence-electron chi connectivity index (χ1n) is 12.6. The van der Waals surface area contributed by atoms with Crippen LogP contribution in [-0.4, -0.2) is 40.9 Å². The van der Waals surface area contributed by atoms with Crippen LogP contribution in [0, 0.1) is 0 Å². The quantitative estimate of drug-likeness (QED) is 0.325. The molecule has 0 unspecified atom stereocenters. The molecule has 4 aliphatic rings. The summed E-state index contributed by atoms with van der Waals surface area (Å²) in [6.07, 6.45) is 9.29. The molecule has 37 heavy (non-hydrogen) atoms. The number of aromatic nitrogens is 3. The molecule has 1 saturated heterocycles. The SMILES string of the molecule is COc1ncccc1Nc1cc2nc3ccccc3n(C3=CC=C(Cl)CC3)c-2c/c1=N\C1CCOCC1. The van der Waals surface area contributed by atoms with Gasteiger partial charge in [0, 0.05) is 30.1 Å². The van der Waals surface area contributed by atoms with Gasteiger partial charge in [-0.3, -0.25) is 4.99 Å². The first kappa shape index (κ1) is 23.7. The van der Waals surface area contributed by atoms with E-state index >= 15 is 0 Å². The highest BCUT2D eigenvalue weighted by Gasteiger charge is 2.20. The highest BCUT2D eigenvalue weighted by molar-refractivity contribution is 6.29. The second kappa shape index (κ2) is 10.4. The topological polar surface area (TPSA) is 73.6 Å². The summed E-state index contributed by atoms with van der Waals surface area (Å²) in [7, 11) is 1.62. The average molecular weight is 514 g/mol. The molecule has 1 fully saturated rings. The van der Waals surface area contributed by atoms with Gasteiger partial charge in [0.2, 0.25) is 5.88 Å². The molecule has 188 valence electrons. The lowest BCUT2D eigenvalue weighted by molar-refractivity contribution is 0.0864. The van der Waals surface area contributed by atoms with Crippen molar-refractivity contribution in [2.45, 2.75) is 31.7 Å². The van der Waals surface area contributed by atoms with Gasteiger partial charge < -0.3 is 19.4 Å². The summed E-state index contributed by atoms with van der Waals surface area (Å²) in [5.74, 6) is 0.525. The summed E-state index contributed by atoms with van der Waals surface area (Å²) in [6, 6.07) is 16.5. The van der Waals surface area contributed by atoms with E-state index < -0.39 is 0 Å². The second-order valence-electron chi connectivity index (χ2n) is 9.22. The lowest BCUT2D eigenvalue weighted by Crippen LogP contribution is -2.23. The summed E-state index contributed by atoms with van der Waals surface area (Å²) >= 11 is 6.31. The number of pyridine rings is 1. The van der Waals surface area contributed by atoms with Crippen LogP contribution in [0.5, 0.6) is 5.88 Å². The van der Waals surface area contributed by atoms with Crippen LogP contribution in [0.3, 0.4) is 0 Å². The van der Waals surface area contributed by atoms with Crippen molar-refractivity contribution >= 4 is 39.7 Å². The summed E-state index contributed by atoms with van der Waals surface area (Å²) in [5, 5.41) is 5.27. The number of ether oxygens (including phenoxy) is 2. The maximum absolute atomic E-state index is 6.31. The summed E-state index contributed by atoms with van der Waals surface area (Å²) in [4.78, 5) is 14.6. The van der Waals surface area contributed by atoms with Gasteiger partial charge in [0.05, 0.1) is 46.6 Å². The first-order chi connectivity index (χ1) is 18.2. The molecule has 0 saturated carbocycles. The molecule has 0 bridgehead atoms. The number of halogens is 1. The van der Waals surface area contributed by atoms with Crippen molar-refractivity contribution in [2.24, 2.45) is 4.99 Å². The maximum atomic E-state index is 6.31. The summed E-state index contributed by atoms with van der Waals surface area (Å²) in [6.45, 7) is 1.46. The Morgan fingerprint density at radius 3 is 2.73 bits per heavy atom. The van der Waals surface area contributed by atoms with Gasteiger partial charge in [-0.15, -0.1) is 0 Å². The van der Waals surface area contributed by atoms with Gasteiger partial charge in [-0.2, -0.15) is 0 Å². The van der Waals surface area contributed by atoms with Gasteiger partial charge in [0.1, 0.15) is 5.69 Å². The third-order valence-electron chi connectivity index (χ3n) is 6.81. The van der Waals surface area contributed by atoms with Crippen LogP contribution in [0.2, 0.25) is 0 Å². The van der Waals surface area contributed by atoms with Gasteiger partial charge in [-0.1, -0.05) is 23.7 Å². The van der Waals surface area contributed by atoms with Crippen molar-refractivity contribution < 1.29 is 9.47 Å². The molecule has 8 heteroatoms. The standard InChI is InChI=1S/C29H28ClN5O2/c1-36-29-23(6-4-14-31-29)34-24-17-26-28(18-25(24)32-20-12-15-37-16-13-20)35(21-10-8-19(30)9-11-21)27-7-3-2-5-22(27)33-26/h2-8,10,14,17-18,20,34H,9,11-13,15-16H2,1H3/b32-25+. The molecule has 6 rings (SSSR count). The van der Waals surface area contributed by atoms with Gasteiger partial charge >= 0.3 is 0 Å². The minimum atomic E-state index is 0.194. The average Bonchev–Trinajstić information content (AvgIpc) is 2.94. The Bertz CT molecular complexity index is 1550. The Balaban J connectivity index is 1.60. The van der Waals surface area contributed by atoms with Crippen LogP contribution in [0.25, 0.3) is 28.1 Å². The van der Waals surface area contributed by atoms with Crippen LogP contribution >= 0.6 is 11.6 Å². The number of hydrogen-bond donors (Lipinski definition) is 1. The van der Waals surface area contributed by atoms with Crippen LogP contribution in [0.15, 0.2) is 76.9 Å². The highest BCUT2D eigenvalue weighted by atomic mass is 35.5. The first-order valence-corrected chi connectivity index (χ1v) is 13.0. The molecule has 0 amide bonds. The molecular formula is C29H28ClN5O2. The van der Waals surface area contributed by atoms with Crippen molar-refractivity contribution in [2.75, 3.05) is 25.6 Å². The van der Waals surface area contributed by atoms with Gasteiger partial charge in [-0.25, -0.2) is 9.97 Å². The van der Waals surface area contributed by atoms with Crippen molar-refractivity contribution in [1.82, 2.24) is 14.5 Å². The summed E-state index contributed by atoms with van der Waals surface area (Å²) < 4.78 is 13.4. The molecule has 2 aromatic rings. The minimum absolute atomic E-state index is 0.194. The zero-order chi connectivity index (χ0) is 25.2. The molecule has 1 aromatic heterocycles. The van der Waals surface area contributed by atoms with E-state index in [9.17, 15) is 0 Å². The normalized spacial score (nSPS) is 17.1. The minimum Gasteiger partial charge on any atom is -0.480 e. The lowest BCUT2D eigenvalue weighted by atomic mass is 10.1. The van der Waals surface area contributed by atoms with Gasteiger partial charge in [0.15, 0.2) is 0 Å². The fourth-order valence-electron chi connectivity index (χ4n) is 4.95. The van der Waals surface area contributed by atoms with Crippen LogP contribution < -0.4 is 15.4 Å². The zero-order valence-corrected chi connectivity index (χ0v) is 21.4. The molecule has 0 radical (unpaired) electrons. The fourth-order valence-corrected chi connectivity index (χ4v) is 5.11. The Kier molecular flexibility index (Phi) is 6.64. The monoisotopic (exact) mass is 513 g/mol. The number of nitrogens with one attached hydrogen (secondary N) is 1. The molecule has 7 nitrogen and oxygen atoms in total. The third kappa shape index (κ3) is 4.84. The van der Waals surface area contributed by atoms with Crippen LogP contribution in [-0.2, 0) is 4.74 Å². The Morgan fingerprint density at radius 2 is 1.92 bits per heavy atom. The number of nitrogens with zero attached hydrogens (tertiary/aromatic N) is 4. The third-order valence-corrected chi connectivity index (χ3v) is 7.12. The molecule has 2 aliphatic carbocycles. The maximum Gasteiger partial charge on any atom is 0.237 e. The molecule has 0 atom stereocenters. The van der Waals surface area contributed by atoms with E-state index in [1.165, 1.54) is 5.70 Å². The second-order valence-corrected chi connectivity index (χ2v) is 9.71. The number of rotatable bonds is 5. The molecular weight excluding hydrogens is 486 g/mol. The van der Waals surface area contributed by atoms with E-state index in [4.69, 9.17) is 31.1 Å². The van der Waals surface area contributed by atoms with E-state index in [2.05, 4.69) is 51.3 Å². The number of benzene rings is 2. The fraction of sp³-hybridized carbons (Fsp3) is 0.276. The number of allylic oxidation sites excluding steroid dienone is 4. The Hall–Kier alpha value is -3.68. The number of fused-ring (bicyclic) bond motifs is 2. The van der Waals surface area contributed by atoms with E-state index in [1.54, 1.807) is 13.3 Å². The van der Waals surface area contributed by atoms with Gasteiger partial charge in [-0.05, 0) is 74.2 Å². The smallest absolute Gasteiger partial charge is 0.237 e. The van der Waals surface area contributed by atoms with Crippen molar-refractivity contribution in [1.29, 1.82) is 0 Å². The number of hydrogen-bond acceptors (Lipinski definition) is 6. The molecule has 2 aliphatic heterocycles. The van der Waals surface area contributed by atoms with Crippen molar-refractivity contribution in [3.05, 3.63) is 77.3 Å². The predicted octanol–water partition coefficient (Wildman–Crippen LogP) is 6.13. The Labute approximate surface area is 220 Å². The zero-order valence-electron chi connectivity index (χ0n) is 20.7. The van der Waals surface area contributed by atoms with E-state index in [0.717, 1.165) is 83.1 Å². The van der Waals surface area contributed by atoms with Crippen LogP contribution in [0.4, 0.5) is 11.4 Å².